The summed E-state index contributed by atoms with van der Waals surface area (Å²) in [4.78, 5) is 4.95. The molecule has 0 spiro atoms. The van der Waals surface area contributed by atoms with E-state index in [0.29, 0.717) is 0 Å². The molecule has 126 valence electrons. The van der Waals surface area contributed by atoms with Crippen molar-refractivity contribution in [2.45, 2.75) is 0 Å². The fourth-order valence-corrected chi connectivity index (χ4v) is 3.79. The summed E-state index contributed by atoms with van der Waals surface area (Å²) in [7, 11) is 0. The van der Waals surface area contributed by atoms with Crippen molar-refractivity contribution in [2.24, 2.45) is 0 Å². The van der Waals surface area contributed by atoms with Crippen LogP contribution in [0.4, 0.5) is 0 Å². The van der Waals surface area contributed by atoms with Gasteiger partial charge in [-0.3, -0.25) is 0 Å². The van der Waals surface area contributed by atoms with Gasteiger partial charge < -0.3 is 0 Å². The molecule has 3 aromatic carbocycles. The highest BCUT2D eigenvalue weighted by molar-refractivity contribution is 14.1. The molecule has 4 rings (SSSR count). The predicted molar refractivity (Wildman–Crippen MR) is 126 cm³/mol. The molecule has 0 radical (unpaired) electrons. The molecule has 0 fully saturated rings. The zero-order chi connectivity index (χ0) is 17.9. The fraction of sp³-hybridized carbons (Fsp3) is 0. The van der Waals surface area contributed by atoms with Crippen molar-refractivity contribution in [3.63, 3.8) is 0 Å². The van der Waals surface area contributed by atoms with E-state index in [2.05, 4.69) is 130 Å². The third-order valence-electron chi connectivity index (χ3n) is 4.19. The molecule has 0 aliphatic carbocycles. The molecule has 0 unspecified atom stereocenters. The van der Waals surface area contributed by atoms with Crippen LogP contribution >= 0.6 is 45.2 Å². The minimum Gasteiger partial charge on any atom is -0.248 e. The zero-order valence-corrected chi connectivity index (χ0v) is 18.2. The minimum absolute atomic E-state index is 0.996. The van der Waals surface area contributed by atoms with E-state index in [1.807, 2.05) is 6.07 Å². The van der Waals surface area contributed by atoms with Gasteiger partial charge >= 0.3 is 0 Å². The number of hydrogen-bond acceptors (Lipinski definition) is 1. The van der Waals surface area contributed by atoms with E-state index >= 15 is 0 Å². The van der Waals surface area contributed by atoms with Crippen LogP contribution in [0.5, 0.6) is 0 Å². The van der Waals surface area contributed by atoms with Gasteiger partial charge in [0.2, 0.25) is 0 Å². The first-order valence-electron chi connectivity index (χ1n) is 8.28. The Bertz CT molecular complexity index is 1040. The predicted octanol–water partition coefficient (Wildman–Crippen LogP) is 7.29. The van der Waals surface area contributed by atoms with Crippen LogP contribution in [0, 0.1) is 7.14 Å². The number of aromatic nitrogens is 1. The van der Waals surface area contributed by atoms with Gasteiger partial charge in [-0.1, -0.05) is 54.6 Å². The van der Waals surface area contributed by atoms with Crippen LogP contribution in [0.1, 0.15) is 0 Å². The minimum atomic E-state index is 0.996. The normalized spacial score (nSPS) is 10.7. The summed E-state index contributed by atoms with van der Waals surface area (Å²) < 4.78 is 2.46. The molecular formula is C23H15I2N. The number of nitrogens with zero attached hydrogens (tertiary/aromatic N) is 1. The summed E-state index contributed by atoms with van der Waals surface area (Å²) in [5.74, 6) is 0. The van der Waals surface area contributed by atoms with Crippen LogP contribution in [0.2, 0.25) is 0 Å². The van der Waals surface area contributed by atoms with Gasteiger partial charge in [0.15, 0.2) is 0 Å². The first-order valence-corrected chi connectivity index (χ1v) is 10.4. The molecule has 4 aromatic rings. The molecule has 1 heterocycles. The molecule has 0 N–H and O–H groups in total. The third kappa shape index (κ3) is 3.99. The fourth-order valence-electron chi connectivity index (χ4n) is 2.89. The quantitative estimate of drug-likeness (QED) is 0.241. The second-order valence-corrected chi connectivity index (χ2v) is 8.50. The van der Waals surface area contributed by atoms with Gasteiger partial charge in [0.25, 0.3) is 0 Å². The average Bonchev–Trinajstić information content (AvgIpc) is 2.69. The molecule has 0 saturated heterocycles. The van der Waals surface area contributed by atoms with Gasteiger partial charge in [0.1, 0.15) is 0 Å². The SMILES string of the molecule is Ic1ccc(-c2cc(-c3cccc(I)c3)cc(-c3ccccc3)n2)cc1. The Morgan fingerprint density at radius 1 is 0.462 bits per heavy atom. The van der Waals surface area contributed by atoms with Gasteiger partial charge in [0, 0.05) is 18.3 Å². The second kappa shape index (κ2) is 7.88. The summed E-state index contributed by atoms with van der Waals surface area (Å²) >= 11 is 4.69. The molecule has 0 aliphatic rings. The molecule has 0 saturated carbocycles. The van der Waals surface area contributed by atoms with Crippen molar-refractivity contribution in [1.82, 2.24) is 4.98 Å². The lowest BCUT2D eigenvalue weighted by atomic mass is 10.00. The molecule has 0 bridgehead atoms. The van der Waals surface area contributed by atoms with Gasteiger partial charge in [-0.05, 0) is 92.7 Å². The van der Waals surface area contributed by atoms with E-state index in [1.165, 1.54) is 18.3 Å². The smallest absolute Gasteiger partial charge is 0.0715 e. The highest BCUT2D eigenvalue weighted by Crippen LogP contribution is 2.31. The largest absolute Gasteiger partial charge is 0.248 e. The molecular weight excluding hydrogens is 544 g/mol. The third-order valence-corrected chi connectivity index (χ3v) is 5.58. The standard InChI is InChI=1S/C23H15I2N/c24-20-11-9-17(10-12-20)23-15-19(18-7-4-8-21(25)13-18)14-22(26-23)16-5-2-1-3-6-16/h1-15H. The number of halogens is 2. The van der Waals surface area contributed by atoms with E-state index in [4.69, 9.17) is 4.98 Å². The Kier molecular flexibility index (Phi) is 5.36. The van der Waals surface area contributed by atoms with Gasteiger partial charge in [-0.15, -0.1) is 0 Å². The second-order valence-electron chi connectivity index (χ2n) is 6.01. The monoisotopic (exact) mass is 559 g/mol. The number of rotatable bonds is 3. The summed E-state index contributed by atoms with van der Waals surface area (Å²) in [6.07, 6.45) is 0. The summed E-state index contributed by atoms with van der Waals surface area (Å²) in [6.45, 7) is 0. The van der Waals surface area contributed by atoms with Gasteiger partial charge in [-0.2, -0.15) is 0 Å². The molecule has 0 amide bonds. The highest BCUT2D eigenvalue weighted by Gasteiger charge is 2.09. The zero-order valence-electron chi connectivity index (χ0n) is 13.9. The Balaban J connectivity index is 1.91. The maximum Gasteiger partial charge on any atom is 0.0715 e. The molecule has 1 aromatic heterocycles. The molecule has 0 aliphatic heterocycles. The van der Waals surface area contributed by atoms with Crippen LogP contribution in [0.25, 0.3) is 33.6 Å². The van der Waals surface area contributed by atoms with Crippen LogP contribution in [-0.4, -0.2) is 4.98 Å². The van der Waals surface area contributed by atoms with Crippen molar-refractivity contribution in [1.29, 1.82) is 0 Å². The van der Waals surface area contributed by atoms with Crippen molar-refractivity contribution >= 4 is 45.2 Å². The number of hydrogen-bond donors (Lipinski definition) is 0. The first-order chi connectivity index (χ1) is 12.7. The summed E-state index contributed by atoms with van der Waals surface area (Å²) in [5, 5.41) is 0. The van der Waals surface area contributed by atoms with Crippen LogP contribution in [0.3, 0.4) is 0 Å². The lowest BCUT2D eigenvalue weighted by molar-refractivity contribution is 1.32. The Morgan fingerprint density at radius 3 is 1.73 bits per heavy atom. The van der Waals surface area contributed by atoms with Gasteiger partial charge in [0.05, 0.1) is 11.4 Å². The van der Waals surface area contributed by atoms with Gasteiger partial charge in [-0.25, -0.2) is 4.98 Å². The maximum absolute atomic E-state index is 4.95. The van der Waals surface area contributed by atoms with Crippen LogP contribution < -0.4 is 0 Å². The summed E-state index contributed by atoms with van der Waals surface area (Å²) in [6, 6.07) is 31.8. The van der Waals surface area contributed by atoms with Crippen molar-refractivity contribution < 1.29 is 0 Å². The van der Waals surface area contributed by atoms with Crippen LogP contribution in [-0.2, 0) is 0 Å². The number of pyridine rings is 1. The van der Waals surface area contributed by atoms with Crippen molar-refractivity contribution in [2.75, 3.05) is 0 Å². The Hall–Kier alpha value is -1.73. The summed E-state index contributed by atoms with van der Waals surface area (Å²) in [5.41, 5.74) is 6.66. The lowest BCUT2D eigenvalue weighted by Gasteiger charge is -2.11. The van der Waals surface area contributed by atoms with Crippen molar-refractivity contribution in [3.05, 3.63) is 98.1 Å². The molecule has 1 nitrogen and oxygen atoms in total. The topological polar surface area (TPSA) is 12.9 Å². The van der Waals surface area contributed by atoms with E-state index in [9.17, 15) is 0 Å². The lowest BCUT2D eigenvalue weighted by Crippen LogP contribution is -1.91. The first kappa shape index (κ1) is 17.7. The highest BCUT2D eigenvalue weighted by atomic mass is 127. The maximum atomic E-state index is 4.95. The van der Waals surface area contributed by atoms with E-state index in [1.54, 1.807) is 0 Å². The Labute approximate surface area is 180 Å². The molecule has 3 heteroatoms. The molecule has 0 atom stereocenters. The van der Waals surface area contributed by atoms with E-state index in [-0.39, 0.29) is 0 Å². The van der Waals surface area contributed by atoms with E-state index in [0.717, 1.165) is 22.5 Å². The average molecular weight is 559 g/mol. The molecule has 26 heavy (non-hydrogen) atoms. The number of benzene rings is 3. The Morgan fingerprint density at radius 2 is 1.08 bits per heavy atom. The van der Waals surface area contributed by atoms with E-state index < -0.39 is 0 Å². The van der Waals surface area contributed by atoms with Crippen LogP contribution in [0.15, 0.2) is 91.0 Å². The van der Waals surface area contributed by atoms with Crippen molar-refractivity contribution in [3.8, 4) is 33.6 Å².